The SMILES string of the molecule is NCc1c(-c2ccc3c(c2)CCCC3)nc2c(Cl)cc(C(F)(F)F)cn12. The minimum Gasteiger partial charge on any atom is -0.325 e. The lowest BCUT2D eigenvalue weighted by Crippen LogP contribution is -2.09. The van der Waals surface area contributed by atoms with Gasteiger partial charge in [-0.05, 0) is 48.9 Å². The van der Waals surface area contributed by atoms with Crippen molar-refractivity contribution < 1.29 is 13.2 Å². The Kier molecular flexibility index (Phi) is 4.20. The topological polar surface area (TPSA) is 43.3 Å². The standard InChI is InChI=1S/C19H17ClF3N3/c20-15-8-14(19(21,22)23)10-26-16(9-24)17(25-18(15)26)13-6-5-11-3-1-2-4-12(11)7-13/h5-8,10H,1-4,9,24H2. The van der Waals surface area contributed by atoms with Gasteiger partial charge in [0.15, 0.2) is 5.65 Å². The third-order valence-electron chi connectivity index (χ3n) is 4.92. The minimum atomic E-state index is -4.49. The van der Waals surface area contributed by atoms with E-state index in [-0.39, 0.29) is 17.2 Å². The number of hydrogen-bond acceptors (Lipinski definition) is 2. The molecule has 0 saturated heterocycles. The van der Waals surface area contributed by atoms with Crippen molar-refractivity contribution in [1.29, 1.82) is 0 Å². The van der Waals surface area contributed by atoms with E-state index in [1.807, 2.05) is 6.07 Å². The number of aryl methyl sites for hydroxylation is 2. The quantitative estimate of drug-likeness (QED) is 0.680. The Morgan fingerprint density at radius 1 is 1.12 bits per heavy atom. The van der Waals surface area contributed by atoms with Crippen molar-refractivity contribution >= 4 is 17.2 Å². The number of nitrogens with zero attached hydrogens (tertiary/aromatic N) is 2. The molecular formula is C19H17ClF3N3. The summed E-state index contributed by atoms with van der Waals surface area (Å²) in [5.41, 5.74) is 9.89. The fraction of sp³-hybridized carbons (Fsp3) is 0.316. The van der Waals surface area contributed by atoms with Crippen LogP contribution in [0, 0.1) is 0 Å². The van der Waals surface area contributed by atoms with Gasteiger partial charge in [0.2, 0.25) is 0 Å². The summed E-state index contributed by atoms with van der Waals surface area (Å²) in [5.74, 6) is 0. The second-order valence-electron chi connectivity index (χ2n) is 6.57. The van der Waals surface area contributed by atoms with Crippen LogP contribution in [0.25, 0.3) is 16.9 Å². The predicted octanol–water partition coefficient (Wildman–Crippen LogP) is 5.01. The number of alkyl halides is 3. The van der Waals surface area contributed by atoms with Crippen LogP contribution < -0.4 is 5.73 Å². The van der Waals surface area contributed by atoms with Crippen LogP contribution in [0.5, 0.6) is 0 Å². The third-order valence-corrected chi connectivity index (χ3v) is 5.19. The number of nitrogens with two attached hydrogens (primary N) is 1. The zero-order chi connectivity index (χ0) is 18.5. The van der Waals surface area contributed by atoms with Crippen molar-refractivity contribution in [2.75, 3.05) is 0 Å². The van der Waals surface area contributed by atoms with Gasteiger partial charge in [-0.25, -0.2) is 4.98 Å². The predicted molar refractivity (Wildman–Crippen MR) is 95.2 cm³/mol. The Balaban J connectivity index is 1.92. The molecule has 3 nitrogen and oxygen atoms in total. The van der Waals surface area contributed by atoms with E-state index in [9.17, 15) is 13.2 Å². The monoisotopic (exact) mass is 379 g/mol. The smallest absolute Gasteiger partial charge is 0.325 e. The van der Waals surface area contributed by atoms with Gasteiger partial charge in [-0.1, -0.05) is 23.7 Å². The zero-order valence-electron chi connectivity index (χ0n) is 13.9. The first-order valence-corrected chi connectivity index (χ1v) is 8.86. The molecule has 1 aliphatic rings. The number of rotatable bonds is 2. The molecule has 1 aliphatic carbocycles. The number of hydrogen-bond donors (Lipinski definition) is 1. The Morgan fingerprint density at radius 2 is 1.85 bits per heavy atom. The summed E-state index contributed by atoms with van der Waals surface area (Å²) in [6.07, 6.45) is 0.924. The van der Waals surface area contributed by atoms with E-state index in [4.69, 9.17) is 17.3 Å². The van der Waals surface area contributed by atoms with Crippen LogP contribution in [0.2, 0.25) is 5.02 Å². The fourth-order valence-electron chi connectivity index (χ4n) is 3.61. The van der Waals surface area contributed by atoms with Gasteiger partial charge in [-0.15, -0.1) is 0 Å². The number of benzene rings is 1. The summed E-state index contributed by atoms with van der Waals surface area (Å²) < 4.78 is 40.7. The molecular weight excluding hydrogens is 363 g/mol. The first-order chi connectivity index (χ1) is 12.4. The van der Waals surface area contributed by atoms with E-state index in [1.165, 1.54) is 21.9 Å². The van der Waals surface area contributed by atoms with Crippen LogP contribution in [0.4, 0.5) is 13.2 Å². The number of pyridine rings is 1. The molecule has 0 aliphatic heterocycles. The van der Waals surface area contributed by atoms with E-state index in [0.717, 1.165) is 37.1 Å². The second kappa shape index (κ2) is 6.28. The maximum absolute atomic E-state index is 13.1. The van der Waals surface area contributed by atoms with Crippen molar-refractivity contribution in [3.8, 4) is 11.3 Å². The molecule has 0 amide bonds. The molecule has 2 heterocycles. The van der Waals surface area contributed by atoms with Crippen LogP contribution >= 0.6 is 11.6 Å². The van der Waals surface area contributed by atoms with E-state index in [1.54, 1.807) is 0 Å². The summed E-state index contributed by atoms with van der Waals surface area (Å²) in [6.45, 7) is 0.0607. The van der Waals surface area contributed by atoms with Crippen molar-refractivity contribution in [2.45, 2.75) is 38.4 Å². The van der Waals surface area contributed by atoms with E-state index in [0.29, 0.717) is 11.4 Å². The summed E-state index contributed by atoms with van der Waals surface area (Å²) in [6, 6.07) is 7.02. The third kappa shape index (κ3) is 2.87. The summed E-state index contributed by atoms with van der Waals surface area (Å²) >= 11 is 6.09. The molecule has 7 heteroatoms. The van der Waals surface area contributed by atoms with E-state index < -0.39 is 11.7 Å². The van der Waals surface area contributed by atoms with Crippen LogP contribution in [-0.2, 0) is 25.6 Å². The Morgan fingerprint density at radius 3 is 2.54 bits per heavy atom. The lowest BCUT2D eigenvalue weighted by molar-refractivity contribution is -0.137. The van der Waals surface area contributed by atoms with Gasteiger partial charge in [-0.2, -0.15) is 13.2 Å². The Labute approximate surface area is 153 Å². The van der Waals surface area contributed by atoms with Crippen LogP contribution in [0.15, 0.2) is 30.5 Å². The fourth-order valence-corrected chi connectivity index (χ4v) is 3.86. The van der Waals surface area contributed by atoms with Crippen molar-refractivity contribution in [3.05, 3.63) is 57.9 Å². The number of imidazole rings is 1. The molecule has 1 aromatic carbocycles. The first-order valence-electron chi connectivity index (χ1n) is 8.48. The van der Waals surface area contributed by atoms with Gasteiger partial charge >= 0.3 is 6.18 Å². The van der Waals surface area contributed by atoms with Crippen LogP contribution in [0.1, 0.15) is 35.2 Å². The molecule has 4 rings (SSSR count). The molecule has 0 bridgehead atoms. The molecule has 0 fully saturated rings. The summed E-state index contributed by atoms with van der Waals surface area (Å²) in [5, 5.41) is -0.0428. The van der Waals surface area contributed by atoms with E-state index in [2.05, 4.69) is 17.1 Å². The largest absolute Gasteiger partial charge is 0.417 e. The van der Waals surface area contributed by atoms with Gasteiger partial charge in [0.25, 0.3) is 0 Å². The van der Waals surface area contributed by atoms with Gasteiger partial charge in [-0.3, -0.25) is 0 Å². The number of aromatic nitrogens is 2. The van der Waals surface area contributed by atoms with Crippen molar-refractivity contribution in [3.63, 3.8) is 0 Å². The van der Waals surface area contributed by atoms with Gasteiger partial charge < -0.3 is 10.1 Å². The molecule has 3 aromatic rings. The maximum Gasteiger partial charge on any atom is 0.417 e. The molecule has 26 heavy (non-hydrogen) atoms. The summed E-state index contributed by atoms with van der Waals surface area (Å²) in [7, 11) is 0. The van der Waals surface area contributed by atoms with Crippen molar-refractivity contribution in [2.24, 2.45) is 5.73 Å². The lowest BCUT2D eigenvalue weighted by atomic mass is 9.90. The lowest BCUT2D eigenvalue weighted by Gasteiger charge is -2.16. The Hall–Kier alpha value is -2.05. The highest BCUT2D eigenvalue weighted by Crippen LogP contribution is 2.35. The van der Waals surface area contributed by atoms with Crippen LogP contribution in [0.3, 0.4) is 0 Å². The molecule has 2 aromatic heterocycles. The zero-order valence-corrected chi connectivity index (χ0v) is 14.7. The average Bonchev–Trinajstić information content (AvgIpc) is 2.99. The first kappa shape index (κ1) is 17.4. The van der Waals surface area contributed by atoms with Gasteiger partial charge in [0.1, 0.15) is 0 Å². The second-order valence-corrected chi connectivity index (χ2v) is 6.98. The molecule has 0 spiro atoms. The minimum absolute atomic E-state index is 0.0428. The molecule has 0 unspecified atom stereocenters. The van der Waals surface area contributed by atoms with Gasteiger partial charge in [0, 0.05) is 18.3 Å². The van der Waals surface area contributed by atoms with Gasteiger partial charge in [0.05, 0.1) is 22.0 Å². The number of halogens is 4. The maximum atomic E-state index is 13.1. The summed E-state index contributed by atoms with van der Waals surface area (Å²) in [4.78, 5) is 4.51. The highest BCUT2D eigenvalue weighted by Gasteiger charge is 2.32. The highest BCUT2D eigenvalue weighted by atomic mass is 35.5. The average molecular weight is 380 g/mol. The molecule has 0 radical (unpaired) electrons. The van der Waals surface area contributed by atoms with E-state index >= 15 is 0 Å². The molecule has 0 saturated carbocycles. The molecule has 2 N–H and O–H groups in total. The molecule has 0 atom stereocenters. The number of fused-ring (bicyclic) bond motifs is 2. The van der Waals surface area contributed by atoms with Crippen molar-refractivity contribution in [1.82, 2.24) is 9.38 Å². The highest BCUT2D eigenvalue weighted by molar-refractivity contribution is 6.33. The Bertz CT molecular complexity index is 992. The molecule has 136 valence electrons. The van der Waals surface area contributed by atoms with Crippen LogP contribution in [-0.4, -0.2) is 9.38 Å². The normalized spacial score (nSPS) is 14.7.